The van der Waals surface area contributed by atoms with Gasteiger partial charge in [-0.25, -0.2) is 13.4 Å². The number of halogens is 1. The molecule has 0 amide bonds. The molecule has 8 heteroatoms. The molecular weight excluding hydrogens is 350 g/mol. The van der Waals surface area contributed by atoms with Crippen molar-refractivity contribution in [1.82, 2.24) is 9.97 Å². The third kappa shape index (κ3) is 3.27. The van der Waals surface area contributed by atoms with E-state index in [2.05, 4.69) is 15.3 Å². The average Bonchev–Trinajstić information content (AvgIpc) is 2.54. The molecule has 0 aliphatic heterocycles. The van der Waals surface area contributed by atoms with E-state index in [4.69, 9.17) is 16.3 Å². The van der Waals surface area contributed by atoms with Crippen LogP contribution in [0.15, 0.2) is 47.4 Å². The van der Waals surface area contributed by atoms with Crippen molar-refractivity contribution in [3.8, 4) is 5.75 Å². The summed E-state index contributed by atoms with van der Waals surface area (Å²) in [6, 6.07) is 12.1. The SMILES string of the molecule is COc1ccc(Nc2nc(Cl)nc3ccccc23)c(S(C)(=O)=O)c1. The number of benzene rings is 2. The number of hydrogen-bond acceptors (Lipinski definition) is 6. The first-order valence-electron chi connectivity index (χ1n) is 6.96. The quantitative estimate of drug-likeness (QED) is 0.715. The minimum absolute atomic E-state index is 0.0746. The number of hydrogen-bond donors (Lipinski definition) is 1. The lowest BCUT2D eigenvalue weighted by atomic mass is 10.2. The van der Waals surface area contributed by atoms with Gasteiger partial charge < -0.3 is 10.1 Å². The minimum Gasteiger partial charge on any atom is -0.497 e. The largest absolute Gasteiger partial charge is 0.497 e. The predicted molar refractivity (Wildman–Crippen MR) is 93.9 cm³/mol. The van der Waals surface area contributed by atoms with Crippen molar-refractivity contribution in [2.24, 2.45) is 0 Å². The molecule has 24 heavy (non-hydrogen) atoms. The molecule has 1 N–H and O–H groups in total. The number of fused-ring (bicyclic) bond motifs is 1. The van der Waals surface area contributed by atoms with E-state index in [1.165, 1.54) is 13.2 Å². The Labute approximate surface area is 144 Å². The normalized spacial score (nSPS) is 11.5. The maximum absolute atomic E-state index is 12.1. The Kier molecular flexibility index (Phi) is 4.29. The maximum atomic E-state index is 12.1. The lowest BCUT2D eigenvalue weighted by molar-refractivity contribution is 0.413. The van der Waals surface area contributed by atoms with E-state index in [1.807, 2.05) is 18.2 Å². The fourth-order valence-electron chi connectivity index (χ4n) is 2.31. The molecule has 0 unspecified atom stereocenters. The molecule has 0 atom stereocenters. The van der Waals surface area contributed by atoms with Gasteiger partial charge in [0.05, 0.1) is 23.2 Å². The van der Waals surface area contributed by atoms with Gasteiger partial charge in [-0.3, -0.25) is 0 Å². The van der Waals surface area contributed by atoms with Crippen LogP contribution in [0.5, 0.6) is 5.75 Å². The highest BCUT2D eigenvalue weighted by molar-refractivity contribution is 7.90. The summed E-state index contributed by atoms with van der Waals surface area (Å²) in [5.41, 5.74) is 1.05. The second-order valence-electron chi connectivity index (χ2n) is 5.12. The summed E-state index contributed by atoms with van der Waals surface area (Å²) >= 11 is 5.97. The van der Waals surface area contributed by atoms with Crippen LogP contribution in [-0.4, -0.2) is 31.8 Å². The summed E-state index contributed by atoms with van der Waals surface area (Å²) in [4.78, 5) is 8.44. The van der Waals surface area contributed by atoms with Gasteiger partial charge >= 0.3 is 0 Å². The number of methoxy groups -OCH3 is 1. The van der Waals surface area contributed by atoms with Crippen molar-refractivity contribution in [3.05, 3.63) is 47.7 Å². The van der Waals surface area contributed by atoms with Crippen molar-refractivity contribution in [3.63, 3.8) is 0 Å². The van der Waals surface area contributed by atoms with Crippen LogP contribution in [0.1, 0.15) is 0 Å². The molecule has 0 aliphatic rings. The number of anilines is 2. The molecule has 2 aromatic carbocycles. The van der Waals surface area contributed by atoms with E-state index in [9.17, 15) is 8.42 Å². The van der Waals surface area contributed by atoms with Crippen molar-refractivity contribution in [2.45, 2.75) is 4.90 Å². The highest BCUT2D eigenvalue weighted by Gasteiger charge is 2.16. The van der Waals surface area contributed by atoms with Gasteiger partial charge in [-0.05, 0) is 35.9 Å². The van der Waals surface area contributed by atoms with Gasteiger partial charge in [0.15, 0.2) is 9.84 Å². The standard InChI is InChI=1S/C16H14ClN3O3S/c1-23-10-7-8-13(14(9-10)24(2,21)22)18-15-11-5-3-4-6-12(11)19-16(17)20-15/h3-9H,1-2H3,(H,18,19,20). The zero-order valence-corrected chi connectivity index (χ0v) is 14.5. The summed E-state index contributed by atoms with van der Waals surface area (Å²) in [6.07, 6.45) is 1.14. The van der Waals surface area contributed by atoms with Crippen LogP contribution in [0.25, 0.3) is 10.9 Å². The molecule has 0 aliphatic carbocycles. The van der Waals surface area contributed by atoms with Crippen LogP contribution in [-0.2, 0) is 9.84 Å². The summed E-state index contributed by atoms with van der Waals surface area (Å²) < 4.78 is 29.3. The van der Waals surface area contributed by atoms with Gasteiger partial charge in [0.2, 0.25) is 5.28 Å². The number of para-hydroxylation sites is 1. The zero-order valence-electron chi connectivity index (χ0n) is 12.9. The number of nitrogens with zero attached hydrogens (tertiary/aromatic N) is 2. The van der Waals surface area contributed by atoms with Gasteiger partial charge in [0, 0.05) is 17.7 Å². The Hall–Kier alpha value is -2.38. The summed E-state index contributed by atoms with van der Waals surface area (Å²) in [7, 11) is -1.99. The van der Waals surface area contributed by atoms with E-state index in [0.717, 1.165) is 11.6 Å². The number of aromatic nitrogens is 2. The maximum Gasteiger partial charge on any atom is 0.224 e. The first-order valence-corrected chi connectivity index (χ1v) is 9.23. The van der Waals surface area contributed by atoms with Crippen LogP contribution < -0.4 is 10.1 Å². The van der Waals surface area contributed by atoms with Crippen molar-refractivity contribution in [1.29, 1.82) is 0 Å². The van der Waals surface area contributed by atoms with Gasteiger partial charge in [-0.15, -0.1) is 0 Å². The number of nitrogens with one attached hydrogen (secondary N) is 1. The Morgan fingerprint density at radius 1 is 1.12 bits per heavy atom. The fraction of sp³-hybridized carbons (Fsp3) is 0.125. The molecule has 0 radical (unpaired) electrons. The van der Waals surface area contributed by atoms with Crippen molar-refractivity contribution in [2.75, 3.05) is 18.7 Å². The van der Waals surface area contributed by atoms with Crippen LogP contribution in [0.3, 0.4) is 0 Å². The summed E-state index contributed by atoms with van der Waals surface area (Å²) in [5, 5.41) is 3.85. The Balaban J connectivity index is 2.16. The van der Waals surface area contributed by atoms with Gasteiger partial charge in [-0.1, -0.05) is 12.1 Å². The van der Waals surface area contributed by atoms with E-state index in [1.54, 1.807) is 18.2 Å². The molecule has 3 rings (SSSR count). The molecule has 0 fully saturated rings. The fourth-order valence-corrected chi connectivity index (χ4v) is 3.34. The Morgan fingerprint density at radius 3 is 2.58 bits per heavy atom. The molecule has 124 valence electrons. The highest BCUT2D eigenvalue weighted by atomic mass is 35.5. The van der Waals surface area contributed by atoms with E-state index >= 15 is 0 Å². The number of sulfone groups is 1. The third-order valence-electron chi connectivity index (χ3n) is 3.42. The summed E-state index contributed by atoms with van der Waals surface area (Å²) in [6.45, 7) is 0. The first kappa shape index (κ1) is 16.5. The average molecular weight is 364 g/mol. The van der Waals surface area contributed by atoms with Crippen LogP contribution in [0, 0.1) is 0 Å². The van der Waals surface area contributed by atoms with Gasteiger partial charge in [0.25, 0.3) is 0 Å². The second kappa shape index (κ2) is 6.26. The topological polar surface area (TPSA) is 81.2 Å². The molecule has 1 heterocycles. The molecule has 0 saturated carbocycles. The molecule has 3 aromatic rings. The lowest BCUT2D eigenvalue weighted by Crippen LogP contribution is -2.05. The monoisotopic (exact) mass is 363 g/mol. The Bertz CT molecular complexity index is 1020. The minimum atomic E-state index is -3.47. The number of rotatable bonds is 4. The molecule has 0 saturated heterocycles. The lowest BCUT2D eigenvalue weighted by Gasteiger charge is -2.13. The smallest absolute Gasteiger partial charge is 0.224 e. The zero-order chi connectivity index (χ0) is 17.3. The highest BCUT2D eigenvalue weighted by Crippen LogP contribution is 2.31. The van der Waals surface area contributed by atoms with E-state index < -0.39 is 9.84 Å². The van der Waals surface area contributed by atoms with Crippen molar-refractivity contribution >= 4 is 43.8 Å². The van der Waals surface area contributed by atoms with E-state index in [-0.39, 0.29) is 10.2 Å². The van der Waals surface area contributed by atoms with Gasteiger partial charge in [-0.2, -0.15) is 4.98 Å². The second-order valence-corrected chi connectivity index (χ2v) is 7.44. The molecule has 0 bridgehead atoms. The molecule has 0 spiro atoms. The van der Waals surface area contributed by atoms with Crippen LogP contribution >= 0.6 is 11.6 Å². The van der Waals surface area contributed by atoms with Crippen LogP contribution in [0.2, 0.25) is 5.28 Å². The summed E-state index contributed by atoms with van der Waals surface area (Å²) in [5.74, 6) is 0.882. The third-order valence-corrected chi connectivity index (χ3v) is 4.72. The predicted octanol–water partition coefficient (Wildman–Crippen LogP) is 3.44. The molecule has 6 nitrogen and oxygen atoms in total. The van der Waals surface area contributed by atoms with Crippen molar-refractivity contribution < 1.29 is 13.2 Å². The molecular formula is C16H14ClN3O3S. The first-order chi connectivity index (χ1) is 11.4. The van der Waals surface area contributed by atoms with E-state index in [0.29, 0.717) is 22.8 Å². The number of ether oxygens (including phenoxy) is 1. The van der Waals surface area contributed by atoms with Crippen LogP contribution in [0.4, 0.5) is 11.5 Å². The molecule has 1 aromatic heterocycles. The van der Waals surface area contributed by atoms with Gasteiger partial charge in [0.1, 0.15) is 11.6 Å². The Morgan fingerprint density at radius 2 is 1.88 bits per heavy atom.